The predicted octanol–water partition coefficient (Wildman–Crippen LogP) is 2.25. The Hall–Kier alpha value is -2.34. The summed E-state index contributed by atoms with van der Waals surface area (Å²) in [7, 11) is 1.69. The Morgan fingerprint density at radius 1 is 1.27 bits per heavy atom. The van der Waals surface area contributed by atoms with E-state index in [1.807, 2.05) is 0 Å². The average molecular weight is 321 g/mol. The maximum Gasteiger partial charge on any atom is 0.276 e. The normalized spacial score (nSPS) is 10.3. The molecule has 1 aromatic heterocycles. The first-order valence-corrected chi connectivity index (χ1v) is 7.16. The molecule has 0 aliphatic rings. The number of halogens is 1. The van der Waals surface area contributed by atoms with Crippen LogP contribution in [0.5, 0.6) is 5.75 Å². The summed E-state index contributed by atoms with van der Waals surface area (Å²) in [4.78, 5) is 21.5. The first-order chi connectivity index (χ1) is 10.6. The molecule has 2 rings (SSSR count). The summed E-state index contributed by atoms with van der Waals surface area (Å²) in [5.74, 6) is 0.630. The number of anilines is 1. The minimum Gasteiger partial charge on any atom is -0.494 e. The van der Waals surface area contributed by atoms with E-state index in [2.05, 4.69) is 9.97 Å². The molecule has 2 N–H and O–H groups in total. The molecular formula is C15H17ClN4O2. The number of benzene rings is 1. The maximum absolute atomic E-state index is 12.2. The number of carbonyl (C=O) groups is 1. The second-order valence-corrected chi connectivity index (χ2v) is 5.11. The molecule has 0 fully saturated rings. The van der Waals surface area contributed by atoms with Gasteiger partial charge in [-0.05, 0) is 30.7 Å². The summed E-state index contributed by atoms with van der Waals surface area (Å²) in [5, 5.41) is 0.666. The second-order valence-electron chi connectivity index (χ2n) is 4.67. The Labute approximate surface area is 133 Å². The standard InChI is InChI=1S/C15H17ClN4O2/c1-20(15(21)13-14(17)19-8-7-18-13)9-2-10-22-12-5-3-11(16)4-6-12/h3-8H,2,9-10H2,1H3,(H2,17,19). The van der Waals surface area contributed by atoms with Crippen LogP contribution in [0.3, 0.4) is 0 Å². The molecule has 0 aliphatic carbocycles. The van der Waals surface area contributed by atoms with Crippen molar-refractivity contribution in [2.75, 3.05) is 25.9 Å². The van der Waals surface area contributed by atoms with Crippen molar-refractivity contribution in [2.45, 2.75) is 6.42 Å². The van der Waals surface area contributed by atoms with E-state index in [1.54, 1.807) is 36.2 Å². The van der Waals surface area contributed by atoms with Crippen LogP contribution in [0.4, 0.5) is 5.82 Å². The molecule has 1 aromatic carbocycles. The second kappa shape index (κ2) is 7.61. The molecular weight excluding hydrogens is 304 g/mol. The largest absolute Gasteiger partial charge is 0.494 e. The Morgan fingerprint density at radius 2 is 1.95 bits per heavy atom. The molecule has 7 heteroatoms. The van der Waals surface area contributed by atoms with Crippen molar-refractivity contribution in [1.82, 2.24) is 14.9 Å². The van der Waals surface area contributed by atoms with E-state index in [1.165, 1.54) is 12.4 Å². The van der Waals surface area contributed by atoms with E-state index in [4.69, 9.17) is 22.1 Å². The van der Waals surface area contributed by atoms with Gasteiger partial charge in [-0.1, -0.05) is 11.6 Å². The van der Waals surface area contributed by atoms with Gasteiger partial charge in [0, 0.05) is 31.0 Å². The molecule has 22 heavy (non-hydrogen) atoms. The third-order valence-corrected chi connectivity index (χ3v) is 3.25. The molecule has 0 atom stereocenters. The number of rotatable bonds is 6. The lowest BCUT2D eigenvalue weighted by atomic mass is 10.3. The molecule has 6 nitrogen and oxygen atoms in total. The van der Waals surface area contributed by atoms with Gasteiger partial charge < -0.3 is 15.4 Å². The minimum absolute atomic E-state index is 0.136. The minimum atomic E-state index is -0.253. The maximum atomic E-state index is 12.2. The van der Waals surface area contributed by atoms with Gasteiger partial charge in [-0.25, -0.2) is 9.97 Å². The molecule has 2 aromatic rings. The van der Waals surface area contributed by atoms with Crippen LogP contribution in [0.25, 0.3) is 0 Å². The molecule has 0 saturated heterocycles. The first-order valence-electron chi connectivity index (χ1n) is 6.78. The highest BCUT2D eigenvalue weighted by molar-refractivity contribution is 6.30. The number of nitrogen functional groups attached to an aromatic ring is 1. The molecule has 0 spiro atoms. The van der Waals surface area contributed by atoms with Crippen molar-refractivity contribution in [3.63, 3.8) is 0 Å². The van der Waals surface area contributed by atoms with Crippen molar-refractivity contribution in [3.8, 4) is 5.75 Å². The summed E-state index contributed by atoms with van der Waals surface area (Å²) in [5.41, 5.74) is 5.82. The molecule has 0 saturated carbocycles. The molecule has 1 amide bonds. The molecule has 0 unspecified atom stereocenters. The van der Waals surface area contributed by atoms with Gasteiger partial charge in [-0.3, -0.25) is 4.79 Å². The lowest BCUT2D eigenvalue weighted by Crippen LogP contribution is -2.30. The van der Waals surface area contributed by atoms with Crippen LogP contribution < -0.4 is 10.5 Å². The van der Waals surface area contributed by atoms with Crippen LogP contribution in [0.2, 0.25) is 5.02 Å². The van der Waals surface area contributed by atoms with Gasteiger partial charge >= 0.3 is 0 Å². The zero-order chi connectivity index (χ0) is 15.9. The number of ether oxygens (including phenoxy) is 1. The monoisotopic (exact) mass is 320 g/mol. The van der Waals surface area contributed by atoms with Gasteiger partial charge in [-0.15, -0.1) is 0 Å². The first kappa shape index (κ1) is 16.0. The Bertz CT molecular complexity index is 634. The van der Waals surface area contributed by atoms with E-state index in [0.717, 1.165) is 5.75 Å². The van der Waals surface area contributed by atoms with E-state index in [-0.39, 0.29) is 17.4 Å². The topological polar surface area (TPSA) is 81.3 Å². The predicted molar refractivity (Wildman–Crippen MR) is 85.0 cm³/mol. The third-order valence-electron chi connectivity index (χ3n) is 3.00. The van der Waals surface area contributed by atoms with Crippen LogP contribution >= 0.6 is 11.6 Å². The summed E-state index contributed by atoms with van der Waals surface area (Å²) < 4.78 is 5.57. The van der Waals surface area contributed by atoms with Crippen molar-refractivity contribution in [3.05, 3.63) is 47.4 Å². The lowest BCUT2D eigenvalue weighted by Gasteiger charge is -2.17. The van der Waals surface area contributed by atoms with Gasteiger partial charge in [0.05, 0.1) is 6.61 Å². The summed E-state index contributed by atoms with van der Waals surface area (Å²) in [6.07, 6.45) is 3.58. The number of hydrogen-bond donors (Lipinski definition) is 1. The van der Waals surface area contributed by atoms with Crippen LogP contribution in [0.1, 0.15) is 16.9 Å². The molecule has 0 radical (unpaired) electrons. The fourth-order valence-corrected chi connectivity index (χ4v) is 1.94. The summed E-state index contributed by atoms with van der Waals surface area (Å²) >= 11 is 5.80. The van der Waals surface area contributed by atoms with E-state index in [0.29, 0.717) is 24.6 Å². The summed E-state index contributed by atoms with van der Waals surface area (Å²) in [6.45, 7) is 1.03. The van der Waals surface area contributed by atoms with Gasteiger partial charge in [0.15, 0.2) is 11.5 Å². The van der Waals surface area contributed by atoms with Crippen molar-refractivity contribution < 1.29 is 9.53 Å². The SMILES string of the molecule is CN(CCCOc1ccc(Cl)cc1)C(=O)c1nccnc1N. The van der Waals surface area contributed by atoms with Gasteiger partial charge in [0.2, 0.25) is 0 Å². The number of hydrogen-bond acceptors (Lipinski definition) is 5. The third kappa shape index (κ3) is 4.33. The Morgan fingerprint density at radius 3 is 2.64 bits per heavy atom. The van der Waals surface area contributed by atoms with E-state index >= 15 is 0 Å². The van der Waals surface area contributed by atoms with Crippen molar-refractivity contribution in [2.24, 2.45) is 0 Å². The van der Waals surface area contributed by atoms with E-state index in [9.17, 15) is 4.79 Å². The fraction of sp³-hybridized carbons (Fsp3) is 0.267. The van der Waals surface area contributed by atoms with Gasteiger partial charge in [-0.2, -0.15) is 0 Å². The quantitative estimate of drug-likeness (QED) is 0.826. The number of nitrogens with two attached hydrogens (primary N) is 1. The lowest BCUT2D eigenvalue weighted by molar-refractivity contribution is 0.0783. The molecule has 1 heterocycles. The van der Waals surface area contributed by atoms with Crippen molar-refractivity contribution in [1.29, 1.82) is 0 Å². The number of carbonyl (C=O) groups excluding carboxylic acids is 1. The highest BCUT2D eigenvalue weighted by Gasteiger charge is 2.16. The highest BCUT2D eigenvalue weighted by atomic mass is 35.5. The molecule has 0 bridgehead atoms. The smallest absolute Gasteiger partial charge is 0.276 e. The van der Waals surface area contributed by atoms with Crippen LogP contribution in [-0.4, -0.2) is 41.0 Å². The van der Waals surface area contributed by atoms with Crippen molar-refractivity contribution >= 4 is 23.3 Å². The van der Waals surface area contributed by atoms with Gasteiger partial charge in [0.1, 0.15) is 5.75 Å². The highest BCUT2D eigenvalue weighted by Crippen LogP contribution is 2.15. The zero-order valence-corrected chi connectivity index (χ0v) is 13.0. The zero-order valence-electron chi connectivity index (χ0n) is 12.2. The average Bonchev–Trinajstić information content (AvgIpc) is 2.53. The number of aromatic nitrogens is 2. The van der Waals surface area contributed by atoms with Gasteiger partial charge in [0.25, 0.3) is 5.91 Å². The number of amides is 1. The fourth-order valence-electron chi connectivity index (χ4n) is 1.82. The van der Waals surface area contributed by atoms with Crippen LogP contribution in [0.15, 0.2) is 36.7 Å². The van der Waals surface area contributed by atoms with E-state index < -0.39 is 0 Å². The van der Waals surface area contributed by atoms with Crippen LogP contribution in [0, 0.1) is 0 Å². The Kier molecular flexibility index (Phi) is 5.55. The number of nitrogens with zero attached hydrogens (tertiary/aromatic N) is 3. The molecule has 0 aliphatic heterocycles. The van der Waals surface area contributed by atoms with Crippen LogP contribution in [-0.2, 0) is 0 Å². The molecule has 116 valence electrons. The summed E-state index contributed by atoms with van der Waals surface area (Å²) in [6, 6.07) is 7.14. The Balaban J connectivity index is 1.78.